The van der Waals surface area contributed by atoms with Crippen LogP contribution in [0.4, 0.5) is 5.95 Å². The monoisotopic (exact) mass is 405 g/mol. The van der Waals surface area contributed by atoms with Crippen molar-refractivity contribution >= 4 is 40.2 Å². The third kappa shape index (κ3) is 3.22. The molecule has 4 N–H and O–H groups in total. The van der Waals surface area contributed by atoms with Crippen LogP contribution in [0.5, 0.6) is 0 Å². The molecule has 0 aliphatic carbocycles. The van der Waals surface area contributed by atoms with Gasteiger partial charge in [-0.05, 0) is 30.9 Å². The highest BCUT2D eigenvalue weighted by Crippen LogP contribution is 2.36. The Bertz CT molecular complexity index is 1050. The normalized spacial score (nSPS) is 16.8. The summed E-state index contributed by atoms with van der Waals surface area (Å²) < 4.78 is 0. The highest BCUT2D eigenvalue weighted by Gasteiger charge is 2.30. The molecule has 0 atom stereocenters. The maximum Gasteiger partial charge on any atom is 0.262 e. The Hall–Kier alpha value is -2.02. The zero-order valence-electron chi connectivity index (χ0n) is 15.0. The maximum absolute atomic E-state index is 12.8. The number of hydrogen-bond acceptors (Lipinski definition) is 4. The number of nitrogens with two attached hydrogens (primary N) is 1. The number of aromatic amines is 2. The van der Waals surface area contributed by atoms with Gasteiger partial charge in [0.15, 0.2) is 0 Å². The van der Waals surface area contributed by atoms with Crippen LogP contribution in [0.1, 0.15) is 19.8 Å². The van der Waals surface area contributed by atoms with Crippen molar-refractivity contribution in [2.24, 2.45) is 11.1 Å². The molecule has 2 aromatic heterocycles. The molecule has 142 valence electrons. The second-order valence-electron chi connectivity index (χ2n) is 7.42. The molecule has 0 amide bonds. The van der Waals surface area contributed by atoms with Gasteiger partial charge in [0, 0.05) is 30.4 Å². The Morgan fingerprint density at radius 1 is 1.26 bits per heavy atom. The maximum atomic E-state index is 12.8. The average molecular weight is 406 g/mol. The minimum Gasteiger partial charge on any atom is -0.345 e. The number of anilines is 1. The summed E-state index contributed by atoms with van der Waals surface area (Å²) in [6, 6.07) is 5.36. The third-order valence-corrected chi connectivity index (χ3v) is 6.35. The number of aromatic nitrogens is 3. The minimum absolute atomic E-state index is 0.157. The lowest BCUT2D eigenvalue weighted by atomic mass is 9.81. The quantitative estimate of drug-likeness (QED) is 0.617. The van der Waals surface area contributed by atoms with E-state index in [0.717, 1.165) is 25.9 Å². The molecule has 0 radical (unpaired) electrons. The van der Waals surface area contributed by atoms with Crippen molar-refractivity contribution < 1.29 is 0 Å². The summed E-state index contributed by atoms with van der Waals surface area (Å²) >= 11 is 12.5. The van der Waals surface area contributed by atoms with Crippen LogP contribution in [0, 0.1) is 5.41 Å². The molecule has 1 saturated heterocycles. The largest absolute Gasteiger partial charge is 0.345 e. The second kappa shape index (κ2) is 6.86. The smallest absolute Gasteiger partial charge is 0.262 e. The van der Waals surface area contributed by atoms with Crippen molar-refractivity contribution in [2.45, 2.75) is 19.8 Å². The van der Waals surface area contributed by atoms with Gasteiger partial charge in [0.05, 0.1) is 15.4 Å². The third-order valence-electron chi connectivity index (χ3n) is 5.53. The summed E-state index contributed by atoms with van der Waals surface area (Å²) in [6.07, 6.45) is 3.69. The van der Waals surface area contributed by atoms with Crippen molar-refractivity contribution in [3.8, 4) is 11.1 Å². The van der Waals surface area contributed by atoms with Crippen molar-refractivity contribution in [1.29, 1.82) is 0 Å². The summed E-state index contributed by atoms with van der Waals surface area (Å²) in [5, 5.41) is 1.34. The fourth-order valence-corrected chi connectivity index (χ4v) is 3.97. The molecular formula is C19H21Cl2N5O. The van der Waals surface area contributed by atoms with E-state index in [1.165, 1.54) is 0 Å². The number of hydrogen-bond donors (Lipinski definition) is 3. The van der Waals surface area contributed by atoms with Crippen LogP contribution >= 0.6 is 23.2 Å². The lowest BCUT2D eigenvalue weighted by Gasteiger charge is -2.38. The van der Waals surface area contributed by atoms with E-state index in [1.807, 2.05) is 6.07 Å². The van der Waals surface area contributed by atoms with Crippen molar-refractivity contribution in [2.75, 3.05) is 24.5 Å². The lowest BCUT2D eigenvalue weighted by molar-refractivity contribution is 0.257. The number of benzene rings is 1. The van der Waals surface area contributed by atoms with Gasteiger partial charge in [0.1, 0.15) is 5.65 Å². The predicted octanol–water partition coefficient (Wildman–Crippen LogP) is 3.79. The standard InChI is InChI=1S/C19H21Cl2N5O/c1-19(10-22)5-7-26(8-6-19)18-24-16-14(17(27)25-18)12(9-23-16)11-3-2-4-13(20)15(11)21/h2-4,9H,5-8,10,22H2,1H3,(H2,23,24,25,27). The summed E-state index contributed by atoms with van der Waals surface area (Å²) in [5.41, 5.74) is 7.76. The van der Waals surface area contributed by atoms with Crippen LogP contribution in [0.2, 0.25) is 10.0 Å². The minimum atomic E-state index is -0.200. The fraction of sp³-hybridized carbons (Fsp3) is 0.368. The molecule has 0 unspecified atom stereocenters. The fourth-order valence-electron chi connectivity index (χ4n) is 3.56. The summed E-state index contributed by atoms with van der Waals surface area (Å²) in [6.45, 7) is 4.51. The van der Waals surface area contributed by atoms with E-state index in [9.17, 15) is 4.79 Å². The molecule has 3 heterocycles. The van der Waals surface area contributed by atoms with Gasteiger partial charge in [-0.1, -0.05) is 42.3 Å². The Morgan fingerprint density at radius 2 is 2.00 bits per heavy atom. The van der Waals surface area contributed by atoms with Gasteiger partial charge < -0.3 is 15.6 Å². The van der Waals surface area contributed by atoms with Crippen LogP contribution in [0.3, 0.4) is 0 Å². The zero-order chi connectivity index (χ0) is 19.2. The van der Waals surface area contributed by atoms with Gasteiger partial charge >= 0.3 is 0 Å². The summed E-state index contributed by atoms with van der Waals surface area (Å²) in [5.74, 6) is 0.581. The number of nitrogens with zero attached hydrogens (tertiary/aromatic N) is 2. The van der Waals surface area contributed by atoms with E-state index in [1.54, 1.807) is 18.3 Å². The van der Waals surface area contributed by atoms with Crippen LogP contribution in [0.15, 0.2) is 29.2 Å². The Balaban J connectivity index is 1.73. The van der Waals surface area contributed by atoms with E-state index in [0.29, 0.717) is 44.7 Å². The van der Waals surface area contributed by atoms with Gasteiger partial charge in [-0.3, -0.25) is 9.78 Å². The SMILES string of the molecule is CC1(CN)CCN(c2nc3[nH]cc(-c4cccc(Cl)c4Cl)c3c(=O)[nH]2)CC1. The molecule has 4 rings (SSSR count). The number of piperidine rings is 1. The van der Waals surface area contributed by atoms with E-state index in [4.69, 9.17) is 28.9 Å². The Morgan fingerprint density at radius 3 is 2.70 bits per heavy atom. The number of H-pyrrole nitrogens is 2. The van der Waals surface area contributed by atoms with Crippen LogP contribution in [-0.2, 0) is 0 Å². The molecular weight excluding hydrogens is 385 g/mol. The highest BCUT2D eigenvalue weighted by molar-refractivity contribution is 6.43. The van der Waals surface area contributed by atoms with Gasteiger partial charge in [-0.2, -0.15) is 4.98 Å². The van der Waals surface area contributed by atoms with Gasteiger partial charge in [0.2, 0.25) is 5.95 Å². The van der Waals surface area contributed by atoms with Gasteiger partial charge in [-0.25, -0.2) is 0 Å². The number of rotatable bonds is 3. The van der Waals surface area contributed by atoms with Gasteiger partial charge in [0.25, 0.3) is 5.56 Å². The first-order valence-corrected chi connectivity index (χ1v) is 9.68. The average Bonchev–Trinajstić information content (AvgIpc) is 3.09. The summed E-state index contributed by atoms with van der Waals surface area (Å²) in [7, 11) is 0. The van der Waals surface area contributed by atoms with Crippen molar-refractivity contribution in [3.63, 3.8) is 0 Å². The molecule has 1 aromatic carbocycles. The van der Waals surface area contributed by atoms with Crippen LogP contribution in [0.25, 0.3) is 22.2 Å². The number of halogens is 2. The first kappa shape index (κ1) is 18.3. The van der Waals surface area contributed by atoms with Crippen LogP contribution < -0.4 is 16.2 Å². The van der Waals surface area contributed by atoms with E-state index in [2.05, 4.69) is 26.8 Å². The Kier molecular flexibility index (Phi) is 4.66. The molecule has 1 aliphatic heterocycles. The second-order valence-corrected chi connectivity index (χ2v) is 8.20. The van der Waals surface area contributed by atoms with E-state index in [-0.39, 0.29) is 11.0 Å². The van der Waals surface area contributed by atoms with Gasteiger partial charge in [-0.15, -0.1) is 0 Å². The van der Waals surface area contributed by atoms with E-state index < -0.39 is 0 Å². The van der Waals surface area contributed by atoms with E-state index >= 15 is 0 Å². The molecule has 0 spiro atoms. The Labute approximate surface area is 166 Å². The molecule has 8 heteroatoms. The predicted molar refractivity (Wildman–Crippen MR) is 111 cm³/mol. The first-order valence-electron chi connectivity index (χ1n) is 8.93. The number of fused-ring (bicyclic) bond motifs is 1. The molecule has 1 aliphatic rings. The van der Waals surface area contributed by atoms with Crippen molar-refractivity contribution in [3.05, 3.63) is 44.8 Å². The molecule has 0 bridgehead atoms. The molecule has 0 saturated carbocycles. The highest BCUT2D eigenvalue weighted by atomic mass is 35.5. The zero-order valence-corrected chi connectivity index (χ0v) is 16.5. The van der Waals surface area contributed by atoms with Crippen LogP contribution in [-0.4, -0.2) is 34.6 Å². The molecule has 27 heavy (non-hydrogen) atoms. The van der Waals surface area contributed by atoms with Crippen molar-refractivity contribution in [1.82, 2.24) is 15.0 Å². The summed E-state index contributed by atoms with van der Waals surface area (Å²) in [4.78, 5) is 25.6. The molecule has 1 fully saturated rings. The molecule has 3 aromatic rings. The topological polar surface area (TPSA) is 90.8 Å². The lowest BCUT2D eigenvalue weighted by Crippen LogP contribution is -2.43. The molecule has 6 nitrogen and oxygen atoms in total. The number of nitrogens with one attached hydrogen (secondary N) is 2. The first-order chi connectivity index (χ1) is 12.9.